The zero-order valence-electron chi connectivity index (χ0n) is 13.5. The van der Waals surface area contributed by atoms with Gasteiger partial charge in [-0.1, -0.05) is 29.8 Å². The highest BCUT2D eigenvalue weighted by atomic mass is 35.5. The third-order valence-electron chi connectivity index (χ3n) is 3.55. The number of azo groups is 1. The van der Waals surface area contributed by atoms with Crippen molar-refractivity contribution >= 4 is 33.0 Å². The van der Waals surface area contributed by atoms with Crippen molar-refractivity contribution in [2.45, 2.75) is 11.8 Å². The van der Waals surface area contributed by atoms with E-state index < -0.39 is 15.6 Å². The van der Waals surface area contributed by atoms with E-state index in [0.717, 1.165) is 0 Å². The van der Waals surface area contributed by atoms with Crippen molar-refractivity contribution in [3.8, 4) is 5.69 Å². The van der Waals surface area contributed by atoms with Crippen LogP contribution in [0.1, 0.15) is 5.69 Å². The second-order valence-corrected chi connectivity index (χ2v) is 7.39. The van der Waals surface area contributed by atoms with Crippen LogP contribution in [0.2, 0.25) is 5.02 Å². The second-order valence-electron chi connectivity index (χ2n) is 5.42. The number of hydrogen-bond donors (Lipinski definition) is 2. The topological polar surface area (TPSA) is 123 Å². The quantitative estimate of drug-likeness (QED) is 0.663. The van der Waals surface area contributed by atoms with Gasteiger partial charge in [0.05, 0.1) is 27.0 Å². The van der Waals surface area contributed by atoms with E-state index >= 15 is 0 Å². The van der Waals surface area contributed by atoms with E-state index in [-0.39, 0.29) is 16.3 Å². The number of primary sulfonamides is 1. The number of hydrogen-bond acceptors (Lipinski definition) is 5. The summed E-state index contributed by atoms with van der Waals surface area (Å²) in [6.45, 7) is 1.67. The first kappa shape index (κ1) is 18.1. The Morgan fingerprint density at radius 3 is 2.54 bits per heavy atom. The van der Waals surface area contributed by atoms with Crippen molar-refractivity contribution in [1.82, 2.24) is 9.78 Å². The number of aromatic amines is 1. The molecule has 0 unspecified atom stereocenters. The van der Waals surface area contributed by atoms with Crippen molar-refractivity contribution < 1.29 is 8.42 Å². The van der Waals surface area contributed by atoms with E-state index in [4.69, 9.17) is 16.7 Å². The molecule has 8 nitrogen and oxygen atoms in total. The Balaban J connectivity index is 2.01. The van der Waals surface area contributed by atoms with Crippen LogP contribution >= 0.6 is 11.6 Å². The van der Waals surface area contributed by atoms with Crippen LogP contribution in [0.3, 0.4) is 0 Å². The molecular formula is C16H14ClN5O3S. The highest BCUT2D eigenvalue weighted by molar-refractivity contribution is 7.89. The van der Waals surface area contributed by atoms with Crippen LogP contribution in [-0.4, -0.2) is 18.2 Å². The van der Waals surface area contributed by atoms with Crippen LogP contribution in [0, 0.1) is 6.92 Å². The molecule has 0 radical (unpaired) electrons. The van der Waals surface area contributed by atoms with Gasteiger partial charge in [-0.3, -0.25) is 9.89 Å². The molecule has 3 N–H and O–H groups in total. The predicted octanol–water partition coefficient (Wildman–Crippen LogP) is 3.19. The van der Waals surface area contributed by atoms with Crippen LogP contribution in [-0.2, 0) is 10.0 Å². The van der Waals surface area contributed by atoms with Gasteiger partial charge in [0, 0.05) is 0 Å². The van der Waals surface area contributed by atoms with Crippen LogP contribution in [0.5, 0.6) is 0 Å². The average molecular weight is 392 g/mol. The number of H-pyrrole nitrogens is 1. The number of nitrogens with zero attached hydrogens (tertiary/aromatic N) is 3. The predicted molar refractivity (Wildman–Crippen MR) is 98.1 cm³/mol. The molecule has 0 spiro atoms. The van der Waals surface area contributed by atoms with Gasteiger partial charge < -0.3 is 0 Å². The first-order valence-electron chi connectivity index (χ1n) is 7.38. The molecule has 0 saturated carbocycles. The summed E-state index contributed by atoms with van der Waals surface area (Å²) >= 11 is 6.12. The first-order chi connectivity index (χ1) is 12.3. The Morgan fingerprint density at radius 1 is 1.12 bits per heavy atom. The van der Waals surface area contributed by atoms with E-state index in [1.54, 1.807) is 37.3 Å². The first-order valence-corrected chi connectivity index (χ1v) is 9.31. The van der Waals surface area contributed by atoms with E-state index in [1.807, 2.05) is 0 Å². The fraction of sp³-hybridized carbons (Fsp3) is 0.0625. The molecule has 3 aromatic rings. The number of para-hydroxylation sites is 1. The van der Waals surface area contributed by atoms with Crippen molar-refractivity contribution in [3.63, 3.8) is 0 Å². The Hall–Kier alpha value is -2.75. The lowest BCUT2D eigenvalue weighted by atomic mass is 10.3. The van der Waals surface area contributed by atoms with Gasteiger partial charge in [-0.05, 0) is 37.3 Å². The molecule has 0 saturated heterocycles. The van der Waals surface area contributed by atoms with Crippen molar-refractivity contribution in [2.75, 3.05) is 0 Å². The monoisotopic (exact) mass is 391 g/mol. The number of aromatic nitrogens is 2. The molecule has 1 aromatic heterocycles. The van der Waals surface area contributed by atoms with Gasteiger partial charge >= 0.3 is 0 Å². The lowest BCUT2D eigenvalue weighted by Gasteiger charge is -2.02. The molecule has 0 atom stereocenters. The zero-order chi connectivity index (χ0) is 18.9. The van der Waals surface area contributed by atoms with Gasteiger partial charge in [-0.2, -0.15) is 5.11 Å². The maximum Gasteiger partial charge on any atom is 0.299 e. The highest BCUT2D eigenvalue weighted by Crippen LogP contribution is 2.23. The Bertz CT molecular complexity index is 1160. The summed E-state index contributed by atoms with van der Waals surface area (Å²) in [7, 11) is -3.85. The molecule has 0 aliphatic rings. The molecule has 0 aliphatic heterocycles. The van der Waals surface area contributed by atoms with E-state index in [9.17, 15) is 13.2 Å². The normalized spacial score (nSPS) is 12.0. The molecule has 0 aliphatic carbocycles. The smallest absolute Gasteiger partial charge is 0.293 e. The molecule has 10 heteroatoms. The summed E-state index contributed by atoms with van der Waals surface area (Å²) in [6, 6.07) is 12.5. The molecule has 3 rings (SSSR count). The number of sulfonamides is 1. The molecule has 26 heavy (non-hydrogen) atoms. The average Bonchev–Trinajstić information content (AvgIpc) is 2.87. The van der Waals surface area contributed by atoms with Gasteiger partial charge in [0.2, 0.25) is 10.0 Å². The summed E-state index contributed by atoms with van der Waals surface area (Å²) in [5.74, 6) is 0. The molecule has 0 bridgehead atoms. The third kappa shape index (κ3) is 3.59. The van der Waals surface area contributed by atoms with Crippen LogP contribution in [0.4, 0.5) is 11.4 Å². The maximum atomic E-state index is 12.6. The Morgan fingerprint density at radius 2 is 1.85 bits per heavy atom. The summed E-state index contributed by atoms with van der Waals surface area (Å²) < 4.78 is 24.1. The van der Waals surface area contributed by atoms with Gasteiger partial charge in [-0.25, -0.2) is 18.2 Å². The fourth-order valence-corrected chi connectivity index (χ4v) is 3.06. The Labute approximate surface area is 154 Å². The molecule has 0 amide bonds. The fourth-order valence-electron chi connectivity index (χ4n) is 2.29. The van der Waals surface area contributed by atoms with Crippen molar-refractivity contribution in [2.24, 2.45) is 15.4 Å². The van der Waals surface area contributed by atoms with Crippen LogP contribution in [0.25, 0.3) is 5.69 Å². The summed E-state index contributed by atoms with van der Waals surface area (Å²) in [6.07, 6.45) is 0. The standard InChI is InChI=1S/C16H14ClN5O3S/c1-10-15(16(23)22(21-10)14-8-3-2-7-13(14)17)20-19-11-5-4-6-12(9-11)26(18,24)25/h2-9,21H,1H3,(H2,18,24,25). The Kier molecular flexibility index (Phi) is 4.77. The van der Waals surface area contributed by atoms with E-state index in [1.165, 1.54) is 22.9 Å². The molecule has 2 aromatic carbocycles. The number of nitrogens with one attached hydrogen (secondary N) is 1. The number of nitrogens with two attached hydrogens (primary N) is 1. The van der Waals surface area contributed by atoms with Crippen LogP contribution in [0.15, 0.2) is 68.4 Å². The van der Waals surface area contributed by atoms with Crippen molar-refractivity contribution in [3.05, 3.63) is 69.6 Å². The summed E-state index contributed by atoms with van der Waals surface area (Å²) in [5, 5.41) is 16.3. The molecular weight excluding hydrogens is 378 g/mol. The molecule has 1 heterocycles. The minimum absolute atomic E-state index is 0.0888. The molecule has 134 valence electrons. The van der Waals surface area contributed by atoms with Gasteiger partial charge in [0.1, 0.15) is 0 Å². The number of rotatable bonds is 4. The van der Waals surface area contributed by atoms with Gasteiger partial charge in [0.15, 0.2) is 5.69 Å². The minimum atomic E-state index is -3.85. The highest BCUT2D eigenvalue weighted by Gasteiger charge is 2.14. The van der Waals surface area contributed by atoms with Crippen molar-refractivity contribution in [1.29, 1.82) is 0 Å². The minimum Gasteiger partial charge on any atom is -0.293 e. The summed E-state index contributed by atoms with van der Waals surface area (Å²) in [5.41, 5.74) is 0.884. The van der Waals surface area contributed by atoms with Crippen LogP contribution < -0.4 is 10.7 Å². The lowest BCUT2D eigenvalue weighted by Crippen LogP contribution is -2.14. The SMILES string of the molecule is Cc1[nH]n(-c2ccccc2Cl)c(=O)c1N=Nc1cccc(S(N)(=O)=O)c1. The largest absolute Gasteiger partial charge is 0.299 e. The van der Waals surface area contributed by atoms with Gasteiger partial charge in [-0.15, -0.1) is 5.11 Å². The van der Waals surface area contributed by atoms with Gasteiger partial charge in [0.25, 0.3) is 5.56 Å². The number of halogens is 1. The van der Waals surface area contributed by atoms with E-state index in [2.05, 4.69) is 15.3 Å². The second kappa shape index (κ2) is 6.87. The number of aryl methyl sites for hydroxylation is 1. The third-order valence-corrected chi connectivity index (χ3v) is 4.78. The van der Waals surface area contributed by atoms with E-state index in [0.29, 0.717) is 16.4 Å². The molecule has 0 fully saturated rings. The lowest BCUT2D eigenvalue weighted by molar-refractivity contribution is 0.598. The summed E-state index contributed by atoms with van der Waals surface area (Å²) in [4.78, 5) is 12.5. The maximum absolute atomic E-state index is 12.6. The zero-order valence-corrected chi connectivity index (χ0v) is 15.1. The number of benzene rings is 2.